The Labute approximate surface area is 119 Å². The first kappa shape index (κ1) is 14.0. The molecule has 0 bridgehead atoms. The van der Waals surface area contributed by atoms with E-state index in [0.29, 0.717) is 25.1 Å². The monoisotopic (exact) mass is 326 g/mol. The molecule has 1 fully saturated rings. The lowest BCUT2D eigenvalue weighted by atomic mass is 9.87. The highest BCUT2D eigenvalue weighted by Gasteiger charge is 2.33. The van der Waals surface area contributed by atoms with Crippen molar-refractivity contribution in [3.8, 4) is 0 Å². The molecule has 1 amide bonds. The van der Waals surface area contributed by atoms with E-state index in [-0.39, 0.29) is 17.7 Å². The summed E-state index contributed by atoms with van der Waals surface area (Å²) < 4.78 is 0.756. The molecular formula is C13H15BrN2O3. The first-order valence-corrected chi connectivity index (χ1v) is 6.91. The normalized spacial score (nSPS) is 23.2. The van der Waals surface area contributed by atoms with E-state index in [2.05, 4.69) is 20.9 Å². The van der Waals surface area contributed by atoms with Crippen LogP contribution in [0.4, 0.5) is 0 Å². The molecule has 0 aliphatic carbocycles. The average molecular weight is 327 g/mol. The molecule has 2 atom stereocenters. The summed E-state index contributed by atoms with van der Waals surface area (Å²) in [5.74, 6) is -1.26. The topological polar surface area (TPSA) is 70.5 Å². The fourth-order valence-electron chi connectivity index (χ4n) is 2.41. The Morgan fingerprint density at radius 2 is 2.21 bits per heavy atom. The second kappa shape index (κ2) is 5.69. The van der Waals surface area contributed by atoms with Crippen LogP contribution in [0.5, 0.6) is 0 Å². The minimum absolute atomic E-state index is 0.0321. The van der Waals surface area contributed by atoms with Gasteiger partial charge in [0.2, 0.25) is 0 Å². The number of hydrogen-bond donors (Lipinski definition) is 1. The highest BCUT2D eigenvalue weighted by atomic mass is 79.9. The largest absolute Gasteiger partial charge is 0.481 e. The fraction of sp³-hybridized carbons (Fsp3) is 0.462. The number of aliphatic carboxylic acids is 1. The molecule has 19 heavy (non-hydrogen) atoms. The lowest BCUT2D eigenvalue weighted by Crippen LogP contribution is -2.45. The van der Waals surface area contributed by atoms with Crippen molar-refractivity contribution in [2.45, 2.75) is 13.3 Å². The maximum atomic E-state index is 12.3. The molecule has 0 spiro atoms. The molecular weight excluding hydrogens is 312 g/mol. The number of carbonyl (C=O) groups is 2. The molecule has 1 N–H and O–H groups in total. The SMILES string of the molecule is CC1CN(C(=O)c2cncc(Br)c2)CCC1C(=O)O. The third-order valence-electron chi connectivity index (χ3n) is 3.46. The minimum Gasteiger partial charge on any atom is -0.481 e. The van der Waals surface area contributed by atoms with Gasteiger partial charge in [-0.1, -0.05) is 6.92 Å². The summed E-state index contributed by atoms with van der Waals surface area (Å²) in [6, 6.07) is 1.73. The predicted octanol–water partition coefficient (Wildman–Crippen LogP) is 2.03. The summed E-state index contributed by atoms with van der Waals surface area (Å²) in [5, 5.41) is 9.07. The number of rotatable bonds is 2. The van der Waals surface area contributed by atoms with Crippen LogP contribution in [0.15, 0.2) is 22.9 Å². The number of hydrogen-bond acceptors (Lipinski definition) is 3. The molecule has 102 valence electrons. The van der Waals surface area contributed by atoms with E-state index < -0.39 is 5.97 Å². The van der Waals surface area contributed by atoms with Crippen LogP contribution in [0.1, 0.15) is 23.7 Å². The smallest absolute Gasteiger partial charge is 0.306 e. The van der Waals surface area contributed by atoms with Crippen molar-refractivity contribution in [1.82, 2.24) is 9.88 Å². The van der Waals surface area contributed by atoms with Crippen molar-refractivity contribution < 1.29 is 14.7 Å². The van der Waals surface area contributed by atoms with Crippen molar-refractivity contribution in [3.05, 3.63) is 28.5 Å². The average Bonchev–Trinajstić information content (AvgIpc) is 2.37. The summed E-state index contributed by atoms with van der Waals surface area (Å²) in [6.07, 6.45) is 3.65. The molecule has 1 aliphatic rings. The Morgan fingerprint density at radius 1 is 1.47 bits per heavy atom. The molecule has 5 nitrogen and oxygen atoms in total. The molecule has 1 aromatic rings. The minimum atomic E-state index is -0.774. The second-order valence-electron chi connectivity index (χ2n) is 4.85. The number of pyridine rings is 1. The Bertz CT molecular complexity index is 506. The Morgan fingerprint density at radius 3 is 2.79 bits per heavy atom. The zero-order valence-corrected chi connectivity index (χ0v) is 12.1. The van der Waals surface area contributed by atoms with Gasteiger partial charge < -0.3 is 10.0 Å². The van der Waals surface area contributed by atoms with E-state index in [1.807, 2.05) is 6.92 Å². The molecule has 2 rings (SSSR count). The van der Waals surface area contributed by atoms with Crippen LogP contribution >= 0.6 is 15.9 Å². The fourth-order valence-corrected chi connectivity index (χ4v) is 2.77. The summed E-state index contributed by atoms with van der Waals surface area (Å²) in [4.78, 5) is 29.0. The van der Waals surface area contributed by atoms with E-state index in [1.165, 1.54) is 6.20 Å². The molecule has 6 heteroatoms. The van der Waals surface area contributed by atoms with Gasteiger partial charge in [-0.05, 0) is 34.3 Å². The molecule has 1 aromatic heterocycles. The van der Waals surface area contributed by atoms with Crippen LogP contribution in [0, 0.1) is 11.8 Å². The van der Waals surface area contributed by atoms with Crippen LogP contribution < -0.4 is 0 Å². The lowest BCUT2D eigenvalue weighted by Gasteiger charge is -2.34. The van der Waals surface area contributed by atoms with Gasteiger partial charge in [-0.15, -0.1) is 0 Å². The molecule has 2 heterocycles. The van der Waals surface area contributed by atoms with Crippen molar-refractivity contribution in [3.63, 3.8) is 0 Å². The van der Waals surface area contributed by atoms with Crippen LogP contribution in [0.3, 0.4) is 0 Å². The second-order valence-corrected chi connectivity index (χ2v) is 5.77. The van der Waals surface area contributed by atoms with Crippen LogP contribution in [0.25, 0.3) is 0 Å². The van der Waals surface area contributed by atoms with Gasteiger partial charge in [0.1, 0.15) is 0 Å². The summed E-state index contributed by atoms with van der Waals surface area (Å²) in [5.41, 5.74) is 0.523. The van der Waals surface area contributed by atoms with E-state index in [1.54, 1.807) is 17.2 Å². The maximum absolute atomic E-state index is 12.3. The van der Waals surface area contributed by atoms with Gasteiger partial charge in [0, 0.05) is 30.0 Å². The molecule has 2 unspecified atom stereocenters. The van der Waals surface area contributed by atoms with E-state index in [9.17, 15) is 9.59 Å². The number of piperidine rings is 1. The van der Waals surface area contributed by atoms with Crippen LogP contribution in [-0.4, -0.2) is 40.0 Å². The Hall–Kier alpha value is -1.43. The molecule has 0 radical (unpaired) electrons. The zero-order valence-electron chi connectivity index (χ0n) is 10.5. The van der Waals surface area contributed by atoms with Crippen LogP contribution in [0.2, 0.25) is 0 Å². The summed E-state index contributed by atoms with van der Waals surface area (Å²) >= 11 is 3.28. The number of carboxylic acids is 1. The standard InChI is InChI=1S/C13H15BrN2O3/c1-8-7-16(3-2-11(8)13(18)19)12(17)9-4-10(14)6-15-5-9/h4-6,8,11H,2-3,7H2,1H3,(H,18,19). The number of likely N-dealkylation sites (tertiary alicyclic amines) is 1. The van der Waals surface area contributed by atoms with E-state index in [0.717, 1.165) is 4.47 Å². The van der Waals surface area contributed by atoms with Crippen molar-refractivity contribution in [1.29, 1.82) is 0 Å². The lowest BCUT2D eigenvalue weighted by molar-refractivity contribution is -0.145. The predicted molar refractivity (Wildman–Crippen MR) is 72.7 cm³/mol. The third kappa shape index (κ3) is 3.12. The van der Waals surface area contributed by atoms with Gasteiger partial charge in [-0.3, -0.25) is 14.6 Å². The Balaban J connectivity index is 2.08. The van der Waals surface area contributed by atoms with Gasteiger partial charge in [0.05, 0.1) is 11.5 Å². The van der Waals surface area contributed by atoms with Crippen molar-refractivity contribution in [2.24, 2.45) is 11.8 Å². The van der Waals surface area contributed by atoms with Crippen molar-refractivity contribution >= 4 is 27.8 Å². The Kier molecular flexibility index (Phi) is 4.19. The highest BCUT2D eigenvalue weighted by Crippen LogP contribution is 2.25. The number of aromatic nitrogens is 1. The van der Waals surface area contributed by atoms with Gasteiger partial charge >= 0.3 is 5.97 Å². The first-order chi connectivity index (χ1) is 8.99. The highest BCUT2D eigenvalue weighted by molar-refractivity contribution is 9.10. The maximum Gasteiger partial charge on any atom is 0.306 e. The van der Waals surface area contributed by atoms with Crippen molar-refractivity contribution in [2.75, 3.05) is 13.1 Å². The van der Waals surface area contributed by atoms with Gasteiger partial charge in [0.15, 0.2) is 0 Å². The van der Waals surface area contributed by atoms with Gasteiger partial charge in [-0.25, -0.2) is 0 Å². The van der Waals surface area contributed by atoms with Gasteiger partial charge in [0.25, 0.3) is 5.91 Å². The third-order valence-corrected chi connectivity index (χ3v) is 3.90. The van der Waals surface area contributed by atoms with Gasteiger partial charge in [-0.2, -0.15) is 0 Å². The van der Waals surface area contributed by atoms with Crippen LogP contribution in [-0.2, 0) is 4.79 Å². The number of halogens is 1. The molecule has 0 aromatic carbocycles. The number of nitrogens with zero attached hydrogens (tertiary/aromatic N) is 2. The molecule has 0 saturated carbocycles. The summed E-state index contributed by atoms with van der Waals surface area (Å²) in [6.45, 7) is 2.83. The first-order valence-electron chi connectivity index (χ1n) is 6.11. The molecule has 1 saturated heterocycles. The molecule has 1 aliphatic heterocycles. The van der Waals surface area contributed by atoms with E-state index >= 15 is 0 Å². The number of amides is 1. The zero-order chi connectivity index (χ0) is 14.0. The quantitative estimate of drug-likeness (QED) is 0.902. The number of carbonyl (C=O) groups excluding carboxylic acids is 1. The summed E-state index contributed by atoms with van der Waals surface area (Å²) in [7, 11) is 0. The number of carboxylic acid groups (broad SMARTS) is 1. The van der Waals surface area contributed by atoms with E-state index in [4.69, 9.17) is 5.11 Å².